The summed E-state index contributed by atoms with van der Waals surface area (Å²) in [6, 6.07) is -0.242. The molecule has 0 aliphatic heterocycles. The number of aromatic nitrogens is 2. The lowest BCUT2D eigenvalue weighted by atomic mass is 9.86. The zero-order valence-corrected chi connectivity index (χ0v) is 16.7. The monoisotopic (exact) mass is 374 g/mol. The molecule has 150 valence electrons. The first-order valence-electron chi connectivity index (χ1n) is 10.6. The third-order valence-electron chi connectivity index (χ3n) is 6.45. The van der Waals surface area contributed by atoms with E-state index in [9.17, 15) is 9.59 Å². The zero-order valence-electron chi connectivity index (χ0n) is 16.7. The molecule has 0 unspecified atom stereocenters. The highest BCUT2D eigenvalue weighted by Crippen LogP contribution is 2.27. The lowest BCUT2D eigenvalue weighted by Crippen LogP contribution is -2.53. The van der Waals surface area contributed by atoms with E-state index in [-0.39, 0.29) is 23.8 Å². The summed E-state index contributed by atoms with van der Waals surface area (Å²) >= 11 is 0. The molecular formula is C21H34N4O2. The van der Waals surface area contributed by atoms with Gasteiger partial charge in [-0.2, -0.15) is 0 Å². The summed E-state index contributed by atoms with van der Waals surface area (Å²) in [6.45, 7) is 2.28. The molecule has 2 N–H and O–H groups in total. The number of nitrogens with one attached hydrogen (secondary N) is 2. The molecule has 2 fully saturated rings. The van der Waals surface area contributed by atoms with Gasteiger partial charge in [-0.3, -0.25) is 9.59 Å². The van der Waals surface area contributed by atoms with Crippen LogP contribution in [-0.2, 0) is 16.0 Å². The lowest BCUT2D eigenvalue weighted by molar-refractivity contribution is -0.139. The molecule has 1 aromatic rings. The van der Waals surface area contributed by atoms with Gasteiger partial charge in [-0.05, 0) is 44.4 Å². The van der Waals surface area contributed by atoms with Gasteiger partial charge < -0.3 is 15.2 Å². The van der Waals surface area contributed by atoms with Gasteiger partial charge in [-0.15, -0.1) is 0 Å². The normalized spacial score (nSPS) is 25.0. The van der Waals surface area contributed by atoms with Crippen LogP contribution in [0.2, 0.25) is 0 Å². The summed E-state index contributed by atoms with van der Waals surface area (Å²) in [5.74, 6) is 0.861. The Kier molecular flexibility index (Phi) is 6.91. The van der Waals surface area contributed by atoms with Gasteiger partial charge in [0.15, 0.2) is 0 Å². The molecule has 1 aromatic heterocycles. The molecule has 2 aliphatic carbocycles. The highest BCUT2D eigenvalue weighted by molar-refractivity contribution is 5.88. The Labute approximate surface area is 162 Å². The van der Waals surface area contributed by atoms with Crippen LogP contribution in [0.4, 0.5) is 0 Å². The van der Waals surface area contributed by atoms with Gasteiger partial charge in [0.05, 0.1) is 6.33 Å². The number of carbonyl (C=O) groups is 2. The average Bonchev–Trinajstić information content (AvgIpc) is 3.20. The summed E-state index contributed by atoms with van der Waals surface area (Å²) in [7, 11) is 1.90. The van der Waals surface area contributed by atoms with E-state index in [1.165, 1.54) is 19.3 Å². The molecule has 0 radical (unpaired) electrons. The molecule has 0 aromatic carbocycles. The van der Waals surface area contributed by atoms with Crippen molar-refractivity contribution in [1.29, 1.82) is 0 Å². The quantitative estimate of drug-likeness (QED) is 0.803. The summed E-state index contributed by atoms with van der Waals surface area (Å²) in [5.41, 5.74) is 0.878. The van der Waals surface area contributed by atoms with Gasteiger partial charge in [0.2, 0.25) is 11.8 Å². The number of carbonyl (C=O) groups excluding carboxylic acids is 2. The second-order valence-corrected chi connectivity index (χ2v) is 8.54. The molecule has 2 aliphatic rings. The summed E-state index contributed by atoms with van der Waals surface area (Å²) in [6.07, 6.45) is 13.6. The average molecular weight is 375 g/mol. The summed E-state index contributed by atoms with van der Waals surface area (Å²) < 4.78 is 0. The van der Waals surface area contributed by atoms with Crippen LogP contribution in [0.3, 0.4) is 0 Å². The van der Waals surface area contributed by atoms with Crippen LogP contribution in [0.25, 0.3) is 0 Å². The van der Waals surface area contributed by atoms with Crippen molar-refractivity contribution in [3.63, 3.8) is 0 Å². The molecule has 27 heavy (non-hydrogen) atoms. The van der Waals surface area contributed by atoms with Crippen LogP contribution in [0, 0.1) is 11.8 Å². The molecule has 0 saturated heterocycles. The number of imidazole rings is 1. The van der Waals surface area contributed by atoms with Gasteiger partial charge in [0.1, 0.15) is 6.04 Å². The fourth-order valence-electron chi connectivity index (χ4n) is 4.53. The first-order valence-corrected chi connectivity index (χ1v) is 10.6. The van der Waals surface area contributed by atoms with E-state index in [1.54, 1.807) is 12.5 Å². The fourth-order valence-corrected chi connectivity index (χ4v) is 4.53. The number of rotatable bonds is 6. The van der Waals surface area contributed by atoms with Crippen LogP contribution < -0.4 is 5.32 Å². The predicted molar refractivity (Wildman–Crippen MR) is 105 cm³/mol. The third kappa shape index (κ3) is 5.33. The Morgan fingerprint density at radius 3 is 2.52 bits per heavy atom. The van der Waals surface area contributed by atoms with Gasteiger partial charge >= 0.3 is 0 Å². The van der Waals surface area contributed by atoms with Crippen LogP contribution in [0.5, 0.6) is 0 Å². The van der Waals surface area contributed by atoms with E-state index < -0.39 is 6.04 Å². The Bertz CT molecular complexity index is 602. The van der Waals surface area contributed by atoms with Crippen molar-refractivity contribution in [2.24, 2.45) is 11.8 Å². The Hall–Kier alpha value is -1.85. The number of hydrogen-bond acceptors (Lipinski definition) is 3. The summed E-state index contributed by atoms with van der Waals surface area (Å²) in [4.78, 5) is 35.0. The number of hydrogen-bond donors (Lipinski definition) is 2. The third-order valence-corrected chi connectivity index (χ3v) is 6.45. The van der Waals surface area contributed by atoms with Crippen LogP contribution in [0.15, 0.2) is 12.5 Å². The molecule has 2 saturated carbocycles. The van der Waals surface area contributed by atoms with E-state index in [4.69, 9.17) is 0 Å². The smallest absolute Gasteiger partial charge is 0.245 e. The molecule has 2 amide bonds. The highest BCUT2D eigenvalue weighted by atomic mass is 16.2. The number of amides is 2. The lowest BCUT2D eigenvalue weighted by Gasteiger charge is -2.36. The second-order valence-electron chi connectivity index (χ2n) is 8.54. The fraction of sp³-hybridized carbons (Fsp3) is 0.762. The van der Waals surface area contributed by atoms with Crippen molar-refractivity contribution in [1.82, 2.24) is 20.2 Å². The molecule has 0 spiro atoms. The van der Waals surface area contributed by atoms with E-state index in [0.717, 1.165) is 50.1 Å². The summed E-state index contributed by atoms with van der Waals surface area (Å²) in [5, 5.41) is 3.08. The second kappa shape index (κ2) is 9.38. The number of likely N-dealkylation sites (N-methyl/N-ethyl adjacent to an activating group) is 1. The number of H-pyrrole nitrogens is 1. The standard InChI is InChI=1S/C21H34N4O2/c1-15-8-10-18(11-9-15)25(2)21(27)19(12-17-13-22-14-23-17)24-20(26)16-6-4-3-5-7-16/h13-16,18-19H,3-12H2,1-2H3,(H,22,23)(H,24,26)/t15?,18?,19-/m0/s1. The van der Waals surface area contributed by atoms with Gasteiger partial charge in [0.25, 0.3) is 0 Å². The molecular weight excluding hydrogens is 340 g/mol. The van der Waals surface area contributed by atoms with Crippen molar-refractivity contribution < 1.29 is 9.59 Å². The van der Waals surface area contributed by atoms with Gasteiger partial charge in [-0.25, -0.2) is 4.98 Å². The van der Waals surface area contributed by atoms with Crippen molar-refractivity contribution >= 4 is 11.8 Å². The Morgan fingerprint density at radius 2 is 1.89 bits per heavy atom. The maximum absolute atomic E-state index is 13.2. The largest absolute Gasteiger partial charge is 0.348 e. The van der Waals surface area contributed by atoms with Crippen LogP contribution >= 0.6 is 0 Å². The van der Waals surface area contributed by atoms with Gasteiger partial charge in [-0.1, -0.05) is 26.2 Å². The van der Waals surface area contributed by atoms with Crippen molar-refractivity contribution in [2.45, 2.75) is 83.2 Å². The SMILES string of the molecule is CC1CCC(N(C)C(=O)[C@H](Cc2cnc[nH]2)NC(=O)C2CCCCC2)CC1. The van der Waals surface area contributed by atoms with Crippen LogP contribution in [-0.4, -0.2) is 45.8 Å². The van der Waals surface area contributed by atoms with Crippen molar-refractivity contribution in [3.8, 4) is 0 Å². The molecule has 3 rings (SSSR count). The Balaban J connectivity index is 1.66. The maximum atomic E-state index is 13.2. The minimum atomic E-state index is -0.524. The number of aromatic amines is 1. The molecule has 6 nitrogen and oxygen atoms in total. The van der Waals surface area contributed by atoms with Crippen LogP contribution in [0.1, 0.15) is 70.4 Å². The Morgan fingerprint density at radius 1 is 1.19 bits per heavy atom. The van der Waals surface area contributed by atoms with Crippen molar-refractivity contribution in [3.05, 3.63) is 18.2 Å². The van der Waals surface area contributed by atoms with E-state index in [0.29, 0.717) is 6.42 Å². The minimum Gasteiger partial charge on any atom is -0.348 e. The molecule has 1 heterocycles. The number of nitrogens with zero attached hydrogens (tertiary/aromatic N) is 2. The first-order chi connectivity index (χ1) is 13.0. The van der Waals surface area contributed by atoms with Gasteiger partial charge in [0, 0.05) is 37.3 Å². The zero-order chi connectivity index (χ0) is 19.2. The minimum absolute atomic E-state index is 0.0216. The molecule has 6 heteroatoms. The molecule has 0 bridgehead atoms. The first kappa shape index (κ1) is 19.9. The molecule has 1 atom stereocenters. The maximum Gasteiger partial charge on any atom is 0.245 e. The van der Waals surface area contributed by atoms with E-state index in [1.807, 2.05) is 11.9 Å². The highest BCUT2D eigenvalue weighted by Gasteiger charge is 2.32. The predicted octanol–water partition coefficient (Wildman–Crippen LogP) is 3.05. The van der Waals surface area contributed by atoms with E-state index in [2.05, 4.69) is 22.2 Å². The topological polar surface area (TPSA) is 78.1 Å². The van der Waals surface area contributed by atoms with E-state index >= 15 is 0 Å². The van der Waals surface area contributed by atoms with Crippen molar-refractivity contribution in [2.75, 3.05) is 7.05 Å².